The third-order valence-corrected chi connectivity index (χ3v) is 4.81. The lowest BCUT2D eigenvalue weighted by Gasteiger charge is -2.20. The zero-order chi connectivity index (χ0) is 17.6. The van der Waals surface area contributed by atoms with E-state index < -0.39 is 6.10 Å². The van der Waals surface area contributed by atoms with Gasteiger partial charge in [0, 0.05) is 26.0 Å². The number of carbonyl (C=O) groups is 1. The Bertz CT molecular complexity index is 681. The van der Waals surface area contributed by atoms with E-state index in [9.17, 15) is 9.90 Å². The molecule has 0 heterocycles. The lowest BCUT2D eigenvalue weighted by atomic mass is 9.85. The van der Waals surface area contributed by atoms with Crippen molar-refractivity contribution >= 4 is 5.91 Å². The average molecular weight is 339 g/mol. The van der Waals surface area contributed by atoms with E-state index in [2.05, 4.69) is 41.7 Å². The van der Waals surface area contributed by atoms with E-state index in [0.29, 0.717) is 6.42 Å². The van der Waals surface area contributed by atoms with Gasteiger partial charge in [-0.05, 0) is 35.1 Å². The fourth-order valence-corrected chi connectivity index (χ4v) is 3.60. The van der Waals surface area contributed by atoms with Crippen LogP contribution in [-0.2, 0) is 22.4 Å². The van der Waals surface area contributed by atoms with Gasteiger partial charge in [-0.2, -0.15) is 0 Å². The number of fused-ring (bicyclic) bond motifs is 2. The molecule has 132 valence electrons. The fourth-order valence-electron chi connectivity index (χ4n) is 3.60. The van der Waals surface area contributed by atoms with Gasteiger partial charge in [0.25, 0.3) is 0 Å². The number of ether oxygens (including phenoxy) is 1. The maximum atomic E-state index is 12.5. The fraction of sp³-hybridized carbons (Fsp3) is 0.381. The van der Waals surface area contributed by atoms with Crippen molar-refractivity contribution in [1.29, 1.82) is 0 Å². The summed E-state index contributed by atoms with van der Waals surface area (Å²) < 4.78 is 4.89. The van der Waals surface area contributed by atoms with Crippen molar-refractivity contribution in [2.45, 2.75) is 31.3 Å². The number of hydrogen-bond acceptors (Lipinski definition) is 3. The Morgan fingerprint density at radius 2 is 1.68 bits per heavy atom. The molecule has 2 N–H and O–H groups in total. The van der Waals surface area contributed by atoms with Crippen molar-refractivity contribution < 1.29 is 14.6 Å². The molecule has 2 aromatic carbocycles. The van der Waals surface area contributed by atoms with Gasteiger partial charge in [0.15, 0.2) is 0 Å². The van der Waals surface area contributed by atoms with Gasteiger partial charge in [-0.15, -0.1) is 0 Å². The van der Waals surface area contributed by atoms with E-state index >= 15 is 0 Å². The van der Waals surface area contributed by atoms with Crippen molar-refractivity contribution in [2.24, 2.45) is 0 Å². The molecule has 1 atom stereocenters. The second-order valence-electron chi connectivity index (χ2n) is 6.57. The summed E-state index contributed by atoms with van der Waals surface area (Å²) in [6.07, 6.45) is 1.70. The molecule has 4 nitrogen and oxygen atoms in total. The second-order valence-corrected chi connectivity index (χ2v) is 6.57. The summed E-state index contributed by atoms with van der Waals surface area (Å²) in [5.74, 6) is 0.00104. The van der Waals surface area contributed by atoms with Crippen molar-refractivity contribution in [1.82, 2.24) is 5.32 Å². The standard InChI is InChI=1S/C21H25NO3/c1-25-14-17(23)13-22-21(24)12-20-18-8-4-2-6-15(18)10-11-16-7-3-5-9-19(16)20/h2-9,17,20,23H,10-14H2,1H3,(H,22,24)/t17-/m0/s1. The molecular weight excluding hydrogens is 314 g/mol. The van der Waals surface area contributed by atoms with E-state index in [4.69, 9.17) is 4.74 Å². The Kier molecular flexibility index (Phi) is 5.84. The molecule has 0 spiro atoms. The van der Waals surface area contributed by atoms with Crippen molar-refractivity contribution in [3.63, 3.8) is 0 Å². The first kappa shape index (κ1) is 17.6. The molecule has 1 aliphatic carbocycles. The lowest BCUT2D eigenvalue weighted by Crippen LogP contribution is -2.35. The first-order valence-electron chi connectivity index (χ1n) is 8.78. The summed E-state index contributed by atoms with van der Waals surface area (Å²) in [7, 11) is 1.53. The van der Waals surface area contributed by atoms with E-state index in [0.717, 1.165) is 12.8 Å². The number of benzene rings is 2. The molecule has 0 bridgehead atoms. The number of hydrogen-bond donors (Lipinski definition) is 2. The monoisotopic (exact) mass is 339 g/mol. The number of aliphatic hydroxyl groups excluding tert-OH is 1. The Morgan fingerprint density at radius 1 is 1.12 bits per heavy atom. The molecule has 0 fully saturated rings. The van der Waals surface area contributed by atoms with Gasteiger partial charge in [0.1, 0.15) is 0 Å². The zero-order valence-electron chi connectivity index (χ0n) is 14.6. The van der Waals surface area contributed by atoms with Crippen LogP contribution in [0.3, 0.4) is 0 Å². The number of nitrogens with one attached hydrogen (secondary N) is 1. The van der Waals surface area contributed by atoms with Crippen molar-refractivity contribution in [3.8, 4) is 0 Å². The number of carbonyl (C=O) groups excluding carboxylic acids is 1. The maximum absolute atomic E-state index is 12.5. The topological polar surface area (TPSA) is 58.6 Å². The normalized spacial score (nSPS) is 15.0. The highest BCUT2D eigenvalue weighted by Gasteiger charge is 2.25. The maximum Gasteiger partial charge on any atom is 0.221 e. The van der Waals surface area contributed by atoms with Gasteiger partial charge >= 0.3 is 0 Å². The van der Waals surface area contributed by atoms with Crippen LogP contribution in [-0.4, -0.2) is 37.4 Å². The average Bonchev–Trinajstić information content (AvgIpc) is 2.78. The molecule has 0 saturated heterocycles. The third-order valence-electron chi connectivity index (χ3n) is 4.81. The summed E-state index contributed by atoms with van der Waals surface area (Å²) in [6.45, 7) is 0.429. The van der Waals surface area contributed by atoms with Crippen LogP contribution >= 0.6 is 0 Å². The second kappa shape index (κ2) is 8.28. The number of aryl methyl sites for hydroxylation is 2. The highest BCUT2D eigenvalue weighted by molar-refractivity contribution is 5.78. The predicted molar refractivity (Wildman–Crippen MR) is 97.6 cm³/mol. The van der Waals surface area contributed by atoms with E-state index in [1.54, 1.807) is 0 Å². The Hall–Kier alpha value is -2.17. The van der Waals surface area contributed by atoms with Crippen LogP contribution < -0.4 is 5.32 Å². The van der Waals surface area contributed by atoms with Crippen LogP contribution in [0, 0.1) is 0 Å². The van der Waals surface area contributed by atoms with Gasteiger partial charge in [-0.1, -0.05) is 48.5 Å². The summed E-state index contributed by atoms with van der Waals surface area (Å²) in [6, 6.07) is 16.8. The highest BCUT2D eigenvalue weighted by Crippen LogP contribution is 2.36. The summed E-state index contributed by atoms with van der Waals surface area (Å²) >= 11 is 0. The summed E-state index contributed by atoms with van der Waals surface area (Å²) in [4.78, 5) is 12.5. The Morgan fingerprint density at radius 3 is 2.24 bits per heavy atom. The molecule has 2 aromatic rings. The molecule has 1 aliphatic rings. The molecule has 0 saturated carbocycles. The van der Waals surface area contributed by atoms with Crippen molar-refractivity contribution in [3.05, 3.63) is 70.8 Å². The largest absolute Gasteiger partial charge is 0.389 e. The molecular formula is C21H25NO3. The van der Waals surface area contributed by atoms with E-state index in [1.165, 1.54) is 29.4 Å². The van der Waals surface area contributed by atoms with Crippen LogP contribution in [0.2, 0.25) is 0 Å². The smallest absolute Gasteiger partial charge is 0.221 e. The third kappa shape index (κ3) is 4.27. The number of aliphatic hydroxyl groups is 1. The van der Waals surface area contributed by atoms with Crippen LogP contribution in [0.15, 0.2) is 48.5 Å². The lowest BCUT2D eigenvalue weighted by molar-refractivity contribution is -0.121. The molecule has 0 aliphatic heterocycles. The quantitative estimate of drug-likeness (QED) is 0.850. The summed E-state index contributed by atoms with van der Waals surface area (Å²) in [5, 5.41) is 12.6. The SMILES string of the molecule is COC[C@@H](O)CNC(=O)CC1c2ccccc2CCc2ccccc21. The first-order chi connectivity index (χ1) is 12.2. The molecule has 1 amide bonds. The van der Waals surface area contributed by atoms with E-state index in [-0.39, 0.29) is 25.0 Å². The molecule has 3 rings (SSSR count). The van der Waals surface area contributed by atoms with Crippen LogP contribution in [0.4, 0.5) is 0 Å². The van der Waals surface area contributed by atoms with Gasteiger partial charge in [-0.3, -0.25) is 4.79 Å². The Balaban J connectivity index is 1.81. The predicted octanol–water partition coefficient (Wildman–Crippen LogP) is 2.43. The number of methoxy groups -OCH3 is 1. The highest BCUT2D eigenvalue weighted by atomic mass is 16.5. The minimum atomic E-state index is -0.678. The van der Waals surface area contributed by atoms with Gasteiger partial charge in [0.2, 0.25) is 5.91 Å². The van der Waals surface area contributed by atoms with Gasteiger partial charge in [0.05, 0.1) is 12.7 Å². The molecule has 0 aromatic heterocycles. The molecule has 0 unspecified atom stereocenters. The zero-order valence-corrected chi connectivity index (χ0v) is 14.6. The Labute approximate surface area is 148 Å². The first-order valence-corrected chi connectivity index (χ1v) is 8.78. The molecule has 4 heteroatoms. The van der Waals surface area contributed by atoms with Crippen LogP contribution in [0.25, 0.3) is 0 Å². The summed E-state index contributed by atoms with van der Waals surface area (Å²) in [5.41, 5.74) is 5.10. The number of amides is 1. The molecule has 0 radical (unpaired) electrons. The molecule has 25 heavy (non-hydrogen) atoms. The minimum absolute atomic E-state index is 0.0494. The van der Waals surface area contributed by atoms with Crippen LogP contribution in [0.5, 0.6) is 0 Å². The van der Waals surface area contributed by atoms with Crippen molar-refractivity contribution in [2.75, 3.05) is 20.3 Å². The van der Waals surface area contributed by atoms with E-state index in [1.807, 2.05) is 12.1 Å². The minimum Gasteiger partial charge on any atom is -0.389 e. The van der Waals surface area contributed by atoms with Gasteiger partial charge < -0.3 is 15.2 Å². The van der Waals surface area contributed by atoms with Crippen LogP contribution in [0.1, 0.15) is 34.6 Å². The number of rotatable bonds is 6. The van der Waals surface area contributed by atoms with Gasteiger partial charge in [-0.25, -0.2) is 0 Å².